The molecule has 0 fully saturated rings. The maximum absolute atomic E-state index is 5.93. The smallest absolute Gasteiger partial charge is 0.191 e. The molecule has 0 saturated heterocycles. The number of thiazole rings is 1. The van der Waals surface area contributed by atoms with E-state index < -0.39 is 0 Å². The Hall–Kier alpha value is -1.35. The van der Waals surface area contributed by atoms with Gasteiger partial charge in [-0.3, -0.25) is 4.99 Å². The average Bonchev–Trinajstić information content (AvgIpc) is 2.97. The van der Waals surface area contributed by atoms with Gasteiger partial charge in [-0.25, -0.2) is 4.98 Å². The first kappa shape index (κ1) is 22.7. The molecule has 1 aromatic carbocycles. The molecule has 0 atom stereocenters. The zero-order valence-corrected chi connectivity index (χ0v) is 19.3. The molecule has 1 aromatic heterocycles. The minimum atomic E-state index is 0. The molecule has 0 bridgehead atoms. The lowest BCUT2D eigenvalue weighted by atomic mass is 10.1. The van der Waals surface area contributed by atoms with E-state index in [1.165, 1.54) is 5.56 Å². The molecule has 7 heteroatoms. The fourth-order valence-electron chi connectivity index (χ4n) is 2.40. The van der Waals surface area contributed by atoms with E-state index in [1.807, 2.05) is 20.8 Å². The van der Waals surface area contributed by atoms with Crippen LogP contribution >= 0.6 is 35.3 Å². The maximum atomic E-state index is 5.93. The molecule has 2 aromatic rings. The quantitative estimate of drug-likeness (QED) is 0.351. The van der Waals surface area contributed by atoms with E-state index in [1.54, 1.807) is 18.4 Å². The van der Waals surface area contributed by atoms with Crippen LogP contribution in [0.2, 0.25) is 0 Å². The van der Waals surface area contributed by atoms with Gasteiger partial charge in [0.1, 0.15) is 5.75 Å². The standard InChI is InChI=1S/C19H28N4OS.HI/c1-13(2)24-18-10-14(3)6-7-16(18)11-22-19(20-5)21-9-8-17-12-25-15(4)23-17;/h6-7,10,12-13H,8-9,11H2,1-5H3,(H2,20,21,22);1H. The second-order valence-electron chi connectivity index (χ2n) is 6.24. The fourth-order valence-corrected chi connectivity index (χ4v) is 3.05. The monoisotopic (exact) mass is 488 g/mol. The molecule has 5 nitrogen and oxygen atoms in total. The van der Waals surface area contributed by atoms with Crippen LogP contribution in [0.4, 0.5) is 0 Å². The Morgan fingerprint density at radius 3 is 2.65 bits per heavy atom. The molecule has 2 N–H and O–H groups in total. The molecule has 0 aliphatic carbocycles. The first-order valence-electron chi connectivity index (χ1n) is 8.59. The minimum Gasteiger partial charge on any atom is -0.491 e. The number of aliphatic imine (C=N–C) groups is 1. The number of nitrogens with zero attached hydrogens (tertiary/aromatic N) is 2. The molecule has 0 amide bonds. The summed E-state index contributed by atoms with van der Waals surface area (Å²) in [6, 6.07) is 6.29. The van der Waals surface area contributed by atoms with Crippen molar-refractivity contribution in [3.8, 4) is 5.75 Å². The van der Waals surface area contributed by atoms with Crippen LogP contribution in [0.15, 0.2) is 28.6 Å². The van der Waals surface area contributed by atoms with Gasteiger partial charge in [0.15, 0.2) is 5.96 Å². The zero-order valence-electron chi connectivity index (χ0n) is 16.1. The van der Waals surface area contributed by atoms with Crippen LogP contribution in [0, 0.1) is 13.8 Å². The number of benzene rings is 1. The topological polar surface area (TPSA) is 58.5 Å². The summed E-state index contributed by atoms with van der Waals surface area (Å²) < 4.78 is 5.93. The Labute approximate surface area is 177 Å². The molecule has 0 saturated carbocycles. The predicted octanol–water partition coefficient (Wildman–Crippen LogP) is 4.07. The van der Waals surface area contributed by atoms with Crippen LogP contribution in [0.5, 0.6) is 5.75 Å². The molecule has 0 spiro atoms. The number of halogens is 1. The third-order valence-corrected chi connectivity index (χ3v) is 4.42. The molecule has 2 rings (SSSR count). The van der Waals surface area contributed by atoms with Crippen LogP contribution in [0.25, 0.3) is 0 Å². The highest BCUT2D eigenvalue weighted by molar-refractivity contribution is 14.0. The van der Waals surface area contributed by atoms with Gasteiger partial charge in [-0.15, -0.1) is 35.3 Å². The Morgan fingerprint density at radius 1 is 1.27 bits per heavy atom. The van der Waals surface area contributed by atoms with E-state index >= 15 is 0 Å². The number of ether oxygens (including phenoxy) is 1. The molecular formula is C19H29IN4OS. The van der Waals surface area contributed by atoms with Crippen LogP contribution in [0.3, 0.4) is 0 Å². The van der Waals surface area contributed by atoms with E-state index in [0.29, 0.717) is 6.54 Å². The third kappa shape index (κ3) is 7.49. The van der Waals surface area contributed by atoms with Crippen molar-refractivity contribution in [2.24, 2.45) is 4.99 Å². The van der Waals surface area contributed by atoms with Crippen LogP contribution in [-0.2, 0) is 13.0 Å². The lowest BCUT2D eigenvalue weighted by Crippen LogP contribution is -2.38. The Kier molecular flexibility index (Phi) is 9.93. The SMILES string of the molecule is CN=C(NCCc1csc(C)n1)NCc1ccc(C)cc1OC(C)C.I. The zero-order chi connectivity index (χ0) is 18.2. The Bertz CT molecular complexity index is 715. The summed E-state index contributed by atoms with van der Waals surface area (Å²) in [6.07, 6.45) is 1.04. The largest absolute Gasteiger partial charge is 0.491 e. The highest BCUT2D eigenvalue weighted by Gasteiger charge is 2.07. The van der Waals surface area contributed by atoms with Crippen molar-refractivity contribution >= 4 is 41.3 Å². The number of guanidine groups is 1. The predicted molar refractivity (Wildman–Crippen MR) is 121 cm³/mol. The number of aromatic nitrogens is 1. The van der Waals surface area contributed by atoms with E-state index in [-0.39, 0.29) is 30.1 Å². The summed E-state index contributed by atoms with van der Waals surface area (Å²) in [7, 11) is 1.78. The summed E-state index contributed by atoms with van der Waals surface area (Å²) in [5.74, 6) is 1.71. The summed E-state index contributed by atoms with van der Waals surface area (Å²) in [6.45, 7) is 9.65. The molecule has 1 heterocycles. The van der Waals surface area contributed by atoms with E-state index in [9.17, 15) is 0 Å². The second kappa shape index (κ2) is 11.4. The molecular weight excluding hydrogens is 459 g/mol. The van der Waals surface area contributed by atoms with E-state index in [2.05, 4.69) is 51.1 Å². The van der Waals surface area contributed by atoms with Crippen LogP contribution in [-0.4, -0.2) is 30.6 Å². The van der Waals surface area contributed by atoms with Gasteiger partial charge in [0.25, 0.3) is 0 Å². The lowest BCUT2D eigenvalue weighted by molar-refractivity contribution is 0.239. The van der Waals surface area contributed by atoms with Crippen LogP contribution < -0.4 is 15.4 Å². The van der Waals surface area contributed by atoms with E-state index in [4.69, 9.17) is 4.74 Å². The summed E-state index contributed by atoms with van der Waals surface area (Å²) >= 11 is 1.69. The molecule has 0 radical (unpaired) electrons. The molecule has 0 aliphatic rings. The van der Waals surface area contributed by atoms with Crippen molar-refractivity contribution in [3.63, 3.8) is 0 Å². The minimum absolute atomic E-state index is 0. The van der Waals surface area contributed by atoms with Crippen molar-refractivity contribution in [2.75, 3.05) is 13.6 Å². The molecule has 0 unspecified atom stereocenters. The van der Waals surface area contributed by atoms with Crippen molar-refractivity contribution in [1.29, 1.82) is 0 Å². The van der Waals surface area contributed by atoms with Crippen molar-refractivity contribution < 1.29 is 4.74 Å². The highest BCUT2D eigenvalue weighted by Crippen LogP contribution is 2.21. The molecule has 144 valence electrons. The normalized spacial score (nSPS) is 11.2. The molecule has 26 heavy (non-hydrogen) atoms. The van der Waals surface area contributed by atoms with Crippen molar-refractivity contribution in [2.45, 2.75) is 46.8 Å². The highest BCUT2D eigenvalue weighted by atomic mass is 127. The van der Waals surface area contributed by atoms with Gasteiger partial charge in [0.2, 0.25) is 0 Å². The first-order chi connectivity index (χ1) is 12.0. The van der Waals surface area contributed by atoms with Gasteiger partial charge in [-0.2, -0.15) is 0 Å². The Morgan fingerprint density at radius 2 is 2.04 bits per heavy atom. The summed E-state index contributed by atoms with van der Waals surface area (Å²) in [4.78, 5) is 8.76. The number of rotatable bonds is 7. The summed E-state index contributed by atoms with van der Waals surface area (Å²) in [5, 5.41) is 9.90. The van der Waals surface area contributed by atoms with Gasteiger partial charge in [0, 0.05) is 37.5 Å². The van der Waals surface area contributed by atoms with Gasteiger partial charge in [0.05, 0.1) is 16.8 Å². The third-order valence-electron chi connectivity index (χ3n) is 3.60. The van der Waals surface area contributed by atoms with E-state index in [0.717, 1.165) is 40.9 Å². The number of hydrogen-bond acceptors (Lipinski definition) is 4. The molecule has 0 aliphatic heterocycles. The van der Waals surface area contributed by atoms with Gasteiger partial charge in [-0.05, 0) is 39.3 Å². The van der Waals surface area contributed by atoms with Crippen molar-refractivity contribution in [1.82, 2.24) is 15.6 Å². The van der Waals surface area contributed by atoms with Gasteiger partial charge < -0.3 is 15.4 Å². The average molecular weight is 488 g/mol. The lowest BCUT2D eigenvalue weighted by Gasteiger charge is -2.17. The summed E-state index contributed by atoms with van der Waals surface area (Å²) in [5.41, 5.74) is 3.44. The maximum Gasteiger partial charge on any atom is 0.191 e. The number of nitrogens with one attached hydrogen (secondary N) is 2. The first-order valence-corrected chi connectivity index (χ1v) is 9.47. The van der Waals surface area contributed by atoms with Crippen molar-refractivity contribution in [3.05, 3.63) is 45.4 Å². The van der Waals surface area contributed by atoms with Gasteiger partial charge >= 0.3 is 0 Å². The number of hydrogen-bond donors (Lipinski definition) is 2. The second-order valence-corrected chi connectivity index (χ2v) is 7.30. The van der Waals surface area contributed by atoms with Gasteiger partial charge in [-0.1, -0.05) is 12.1 Å². The number of aryl methyl sites for hydroxylation is 2. The Balaban J connectivity index is 0.00000338. The fraction of sp³-hybridized carbons (Fsp3) is 0.474. The van der Waals surface area contributed by atoms with Crippen LogP contribution in [0.1, 0.15) is 35.7 Å².